The number of nitrogens with zero attached hydrogens (tertiary/aromatic N) is 5. The first-order valence-electron chi connectivity index (χ1n) is 21.1. The monoisotopic (exact) mass is 869 g/mol. The maximum absolute atomic E-state index is 11.8. The van der Waals surface area contributed by atoms with E-state index in [2.05, 4.69) is 50.4 Å². The molecular weight excluding hydrogens is 792 g/mol. The predicted molar refractivity (Wildman–Crippen MR) is 270 cm³/mol. The number of hydrogen-bond acceptors (Lipinski definition) is 8. The molecule has 0 spiro atoms. The van der Waals surface area contributed by atoms with Crippen LogP contribution in [0.25, 0.3) is 16.8 Å². The normalized spacial score (nSPS) is 8.58. The molecule has 0 saturated heterocycles. The Morgan fingerprint density at radius 2 is 0.952 bits per heavy atom. The zero-order valence-corrected chi connectivity index (χ0v) is 39.4. The average molecular weight is 870 g/mol. The Morgan fingerprint density at radius 3 is 1.37 bits per heavy atom. The molecule has 0 aliphatic heterocycles. The summed E-state index contributed by atoms with van der Waals surface area (Å²) in [6, 6.07) is 48.5. The first kappa shape index (κ1) is 65.1. The molecule has 3 aromatic carbocycles. The maximum atomic E-state index is 11.8. The van der Waals surface area contributed by atoms with Crippen LogP contribution in [0.4, 0.5) is 0 Å². The average Bonchev–Trinajstić information content (AvgIpc) is 3.82. The summed E-state index contributed by atoms with van der Waals surface area (Å²) >= 11 is 0. The summed E-state index contributed by atoms with van der Waals surface area (Å²) in [6.45, 7) is 24.0. The van der Waals surface area contributed by atoms with Crippen LogP contribution in [0, 0.1) is 0 Å². The van der Waals surface area contributed by atoms with E-state index in [9.17, 15) is 4.79 Å². The number of benzene rings is 3. The second-order valence-corrected chi connectivity index (χ2v) is 10.2. The largest absolute Gasteiger partial charge is 0.411 e. The minimum atomic E-state index is 0. The fraction of sp³-hybridized carbons (Fsp3) is 0.288. The van der Waals surface area contributed by atoms with Crippen LogP contribution in [-0.2, 0) is 12.8 Å². The van der Waals surface area contributed by atoms with E-state index in [-0.39, 0.29) is 25.6 Å². The van der Waals surface area contributed by atoms with Crippen LogP contribution in [0.1, 0.15) is 118 Å². The van der Waals surface area contributed by atoms with E-state index in [1.807, 2.05) is 221 Å². The number of pyridine rings is 3. The second-order valence-electron chi connectivity index (χ2n) is 10.2. The topological polar surface area (TPSA) is 139 Å². The first-order valence-corrected chi connectivity index (χ1v) is 21.1. The SMILES string of the molecule is C.CC.CC.CC.CC.CC.CC.Cl.NO.O=C(Cc1ccccn1)c1ccccc1.ON=C(Cc1ccccn1)c1ccccc1.c1ccc(-c2cc3ccccn3n2)cc1. The standard InChI is InChI=1S/C13H12N2O.C13H10N2.C13H11NO.6C2H6.CH4.ClH.H3NO/c16-15-13(11-6-2-1-3-7-11)10-12-8-4-5-9-14-12;1-2-6-11(7-3-1)13-10-12-8-4-5-9-15(12)14-13;15-13(11-6-2-1-3-7-11)10-12-8-4-5-9-14-12;6*1-2;;;1-2/h1-9,16H,10H2;1-10H;1-9H,10H2;6*1-2H3;1H4;1H;2H,1H2. The van der Waals surface area contributed by atoms with E-state index in [1.165, 1.54) is 0 Å². The Bertz CT molecular complexity index is 1930. The summed E-state index contributed by atoms with van der Waals surface area (Å²) in [7, 11) is 0. The fourth-order valence-corrected chi connectivity index (χ4v) is 4.58. The van der Waals surface area contributed by atoms with Crippen molar-refractivity contribution >= 4 is 29.4 Å². The lowest BCUT2D eigenvalue weighted by atomic mass is 10.1. The van der Waals surface area contributed by atoms with E-state index >= 15 is 0 Å². The van der Waals surface area contributed by atoms with Gasteiger partial charge in [0.1, 0.15) is 0 Å². The molecule has 62 heavy (non-hydrogen) atoms. The third kappa shape index (κ3) is 27.0. The van der Waals surface area contributed by atoms with Gasteiger partial charge < -0.3 is 10.4 Å². The number of oxime groups is 1. The highest BCUT2D eigenvalue weighted by molar-refractivity contribution is 6.01. The molecule has 0 aliphatic rings. The molecule has 9 nitrogen and oxygen atoms in total. The van der Waals surface area contributed by atoms with Gasteiger partial charge in [0.25, 0.3) is 0 Å². The second kappa shape index (κ2) is 47.7. The molecule has 340 valence electrons. The molecule has 0 fully saturated rings. The molecule has 0 radical (unpaired) electrons. The van der Waals surface area contributed by atoms with E-state index in [0.717, 1.165) is 39.3 Å². The molecule has 0 amide bonds. The number of hydrogen-bond donors (Lipinski definition) is 3. The molecule has 7 aromatic rings. The van der Waals surface area contributed by atoms with Crippen LogP contribution in [0.15, 0.2) is 175 Å². The van der Waals surface area contributed by atoms with Crippen molar-refractivity contribution in [1.82, 2.24) is 19.6 Å². The number of fused-ring (bicyclic) bond motifs is 1. The van der Waals surface area contributed by atoms with Gasteiger partial charge in [0, 0.05) is 47.5 Å². The minimum Gasteiger partial charge on any atom is -0.411 e. The summed E-state index contributed by atoms with van der Waals surface area (Å²) in [5, 5.41) is 23.3. The van der Waals surface area contributed by atoms with Crippen LogP contribution in [0.3, 0.4) is 0 Å². The van der Waals surface area contributed by atoms with E-state index in [0.29, 0.717) is 18.6 Å². The van der Waals surface area contributed by atoms with Crippen molar-refractivity contribution in [3.63, 3.8) is 0 Å². The maximum Gasteiger partial charge on any atom is 0.168 e. The van der Waals surface area contributed by atoms with Crippen LogP contribution < -0.4 is 5.90 Å². The molecule has 0 bridgehead atoms. The number of halogens is 1. The summed E-state index contributed by atoms with van der Waals surface area (Å²) in [5.41, 5.74) is 7.27. The quantitative estimate of drug-likeness (QED) is 0.0627. The van der Waals surface area contributed by atoms with Gasteiger partial charge in [-0.05, 0) is 48.0 Å². The summed E-state index contributed by atoms with van der Waals surface area (Å²) in [4.78, 5) is 20.1. The summed E-state index contributed by atoms with van der Waals surface area (Å²) < 4.78 is 1.89. The number of nitrogens with two attached hydrogens (primary N) is 1. The summed E-state index contributed by atoms with van der Waals surface area (Å²) in [5.74, 6) is 3.61. The highest BCUT2D eigenvalue weighted by Gasteiger charge is 2.07. The van der Waals surface area contributed by atoms with Crippen molar-refractivity contribution in [3.8, 4) is 11.3 Å². The first-order chi connectivity index (χ1) is 29.7. The van der Waals surface area contributed by atoms with Gasteiger partial charge in [0.05, 0.1) is 23.3 Å². The third-order valence-electron chi connectivity index (χ3n) is 6.91. The molecule has 0 unspecified atom stereocenters. The lowest BCUT2D eigenvalue weighted by Crippen LogP contribution is -2.06. The Balaban J connectivity index is -0.000000226. The van der Waals surface area contributed by atoms with Gasteiger partial charge in [-0.1, -0.05) is 205 Å². The Kier molecular flexibility index (Phi) is 50.1. The van der Waals surface area contributed by atoms with Gasteiger partial charge in [0.15, 0.2) is 5.78 Å². The number of carbonyl (C=O) groups is 1. The lowest BCUT2D eigenvalue weighted by Gasteiger charge is -2.03. The van der Waals surface area contributed by atoms with Crippen molar-refractivity contribution < 1.29 is 15.2 Å². The van der Waals surface area contributed by atoms with Crippen LogP contribution in [-0.4, -0.2) is 41.5 Å². The Morgan fingerprint density at radius 1 is 0.548 bits per heavy atom. The zero-order valence-electron chi connectivity index (χ0n) is 38.6. The molecule has 0 aliphatic carbocycles. The van der Waals surface area contributed by atoms with Crippen molar-refractivity contribution in [3.05, 3.63) is 193 Å². The number of ketones is 1. The highest BCUT2D eigenvalue weighted by Crippen LogP contribution is 2.18. The molecule has 0 saturated carbocycles. The van der Waals surface area contributed by atoms with Crippen molar-refractivity contribution in [2.45, 2.75) is 103 Å². The van der Waals surface area contributed by atoms with Crippen LogP contribution >= 0.6 is 12.4 Å². The zero-order chi connectivity index (χ0) is 45.8. The number of Topliss-reactive ketones (excluding diaryl/α,β-unsaturated/α-hetero) is 1. The highest BCUT2D eigenvalue weighted by atomic mass is 35.5. The van der Waals surface area contributed by atoms with E-state index in [1.54, 1.807) is 12.4 Å². The number of aromatic nitrogens is 4. The van der Waals surface area contributed by atoms with Gasteiger partial charge in [-0.15, -0.1) is 12.4 Å². The molecule has 10 heteroatoms. The number of rotatable bonds is 7. The summed E-state index contributed by atoms with van der Waals surface area (Å²) in [6.07, 6.45) is 6.29. The van der Waals surface area contributed by atoms with Crippen molar-refractivity contribution in [1.29, 1.82) is 0 Å². The Hall–Kier alpha value is -6.00. The van der Waals surface area contributed by atoms with Gasteiger partial charge in [-0.2, -0.15) is 5.10 Å². The molecule has 0 atom stereocenters. The molecule has 4 heterocycles. The smallest absolute Gasteiger partial charge is 0.168 e. The number of carbonyl (C=O) groups excluding carboxylic acids is 1. The van der Waals surface area contributed by atoms with Gasteiger partial charge >= 0.3 is 0 Å². The molecule has 4 aromatic heterocycles. The molecule has 4 N–H and O–H groups in total. The minimum absolute atomic E-state index is 0. The molecular formula is C52H77ClN6O3. The van der Waals surface area contributed by atoms with Gasteiger partial charge in [-0.25, -0.2) is 10.4 Å². The van der Waals surface area contributed by atoms with Crippen molar-refractivity contribution in [2.24, 2.45) is 11.1 Å². The Labute approximate surface area is 381 Å². The fourth-order valence-electron chi connectivity index (χ4n) is 4.58. The predicted octanol–water partition coefficient (Wildman–Crippen LogP) is 14.6. The van der Waals surface area contributed by atoms with E-state index < -0.39 is 0 Å². The van der Waals surface area contributed by atoms with E-state index in [4.69, 9.17) is 10.4 Å². The van der Waals surface area contributed by atoms with Gasteiger partial charge in [0.2, 0.25) is 0 Å². The molecule has 7 rings (SSSR count). The van der Waals surface area contributed by atoms with Gasteiger partial charge in [-0.3, -0.25) is 14.8 Å². The van der Waals surface area contributed by atoms with Crippen LogP contribution in [0.5, 0.6) is 0 Å². The van der Waals surface area contributed by atoms with Crippen molar-refractivity contribution in [2.75, 3.05) is 0 Å². The lowest BCUT2D eigenvalue weighted by molar-refractivity contribution is 0.0992. The third-order valence-corrected chi connectivity index (χ3v) is 6.91. The van der Waals surface area contributed by atoms with Crippen LogP contribution in [0.2, 0.25) is 0 Å².